The van der Waals surface area contributed by atoms with Crippen molar-refractivity contribution >= 4 is 16.8 Å². The van der Waals surface area contributed by atoms with Crippen LogP contribution in [0.2, 0.25) is 0 Å². The van der Waals surface area contributed by atoms with Crippen LogP contribution in [0.4, 0.5) is 4.39 Å². The first kappa shape index (κ1) is 19.6. The normalized spacial score (nSPS) is 19.4. The Morgan fingerprint density at radius 3 is 2.72 bits per heavy atom. The van der Waals surface area contributed by atoms with E-state index in [1.54, 1.807) is 0 Å². The van der Waals surface area contributed by atoms with Crippen molar-refractivity contribution in [2.75, 3.05) is 6.54 Å². The third-order valence-corrected chi connectivity index (χ3v) is 5.96. The first-order valence-electron chi connectivity index (χ1n) is 10.5. The smallest absolute Gasteiger partial charge is 0.270 e. The van der Waals surface area contributed by atoms with Gasteiger partial charge >= 0.3 is 0 Å². The number of para-hydroxylation sites is 1. The van der Waals surface area contributed by atoms with Gasteiger partial charge in [-0.05, 0) is 62.4 Å². The molecule has 4 nitrogen and oxygen atoms in total. The molecule has 1 aliphatic carbocycles. The van der Waals surface area contributed by atoms with E-state index in [1.807, 2.05) is 47.4 Å². The molecule has 152 valence electrons. The van der Waals surface area contributed by atoms with Crippen LogP contribution in [0, 0.1) is 5.82 Å². The fourth-order valence-electron chi connectivity index (χ4n) is 4.41. The summed E-state index contributed by atoms with van der Waals surface area (Å²) >= 11 is 0. The van der Waals surface area contributed by atoms with Gasteiger partial charge < -0.3 is 15.2 Å². The molecule has 1 amide bonds. The average Bonchev–Trinajstić information content (AvgIpc) is 3.18. The van der Waals surface area contributed by atoms with E-state index in [2.05, 4.69) is 17.2 Å². The number of rotatable bonds is 6. The number of aromatic nitrogens is 1. The maximum Gasteiger partial charge on any atom is 0.270 e. The van der Waals surface area contributed by atoms with Gasteiger partial charge in [0.05, 0.1) is 0 Å². The van der Waals surface area contributed by atoms with E-state index in [1.165, 1.54) is 12.1 Å². The minimum Gasteiger partial charge on any atom is -0.351 e. The number of benzene rings is 2. The van der Waals surface area contributed by atoms with Gasteiger partial charge in [-0.25, -0.2) is 4.39 Å². The predicted molar refractivity (Wildman–Crippen MR) is 114 cm³/mol. The van der Waals surface area contributed by atoms with Gasteiger partial charge in [0.2, 0.25) is 0 Å². The minimum absolute atomic E-state index is 0.0767. The predicted octanol–water partition coefficient (Wildman–Crippen LogP) is 4.87. The van der Waals surface area contributed by atoms with Gasteiger partial charge in [-0.3, -0.25) is 4.79 Å². The summed E-state index contributed by atoms with van der Waals surface area (Å²) in [5.41, 5.74) is 2.74. The maximum atomic E-state index is 13.2. The molecule has 1 aromatic heterocycles. The Hall–Kier alpha value is -2.66. The Kier molecular flexibility index (Phi) is 5.95. The summed E-state index contributed by atoms with van der Waals surface area (Å²) in [6, 6.07) is 17.2. The van der Waals surface area contributed by atoms with E-state index in [4.69, 9.17) is 0 Å². The number of hydrogen-bond donors (Lipinski definition) is 2. The third-order valence-electron chi connectivity index (χ3n) is 5.96. The quantitative estimate of drug-likeness (QED) is 0.628. The third kappa shape index (κ3) is 4.51. The summed E-state index contributed by atoms with van der Waals surface area (Å²) < 4.78 is 13.1. The molecule has 2 atom stereocenters. The largest absolute Gasteiger partial charge is 0.351 e. The molecular formula is C24H28FN3O. The van der Waals surface area contributed by atoms with Crippen LogP contribution in [0.1, 0.15) is 48.7 Å². The highest BCUT2D eigenvalue weighted by Crippen LogP contribution is 2.26. The van der Waals surface area contributed by atoms with Gasteiger partial charge in [0, 0.05) is 36.1 Å². The van der Waals surface area contributed by atoms with E-state index >= 15 is 0 Å². The molecule has 1 saturated carbocycles. The Morgan fingerprint density at radius 1 is 1.17 bits per heavy atom. The molecule has 1 aliphatic rings. The molecule has 2 aromatic carbocycles. The maximum absolute atomic E-state index is 13.2. The van der Waals surface area contributed by atoms with Gasteiger partial charge in [0.15, 0.2) is 0 Å². The number of carbonyl (C=O) groups excluding carboxylic acids is 1. The topological polar surface area (TPSA) is 48.1 Å². The SMILES string of the molecule is CCN(C(=O)c1cc2ccccc2[nH]1)[C@H]1CCCC(NCc2ccc(F)cc2)C1. The Balaban J connectivity index is 1.41. The summed E-state index contributed by atoms with van der Waals surface area (Å²) in [4.78, 5) is 18.5. The van der Waals surface area contributed by atoms with E-state index in [0.29, 0.717) is 18.3 Å². The summed E-state index contributed by atoms with van der Waals surface area (Å²) in [6.45, 7) is 3.47. The molecule has 29 heavy (non-hydrogen) atoms. The molecule has 0 radical (unpaired) electrons. The first-order valence-corrected chi connectivity index (χ1v) is 10.5. The Labute approximate surface area is 171 Å². The van der Waals surface area contributed by atoms with Gasteiger partial charge in [-0.1, -0.05) is 30.3 Å². The molecule has 4 rings (SSSR count). The van der Waals surface area contributed by atoms with E-state index in [0.717, 1.165) is 48.7 Å². The zero-order valence-corrected chi connectivity index (χ0v) is 16.8. The number of aromatic amines is 1. The van der Waals surface area contributed by atoms with Crippen molar-refractivity contribution < 1.29 is 9.18 Å². The van der Waals surface area contributed by atoms with Crippen LogP contribution < -0.4 is 5.32 Å². The van der Waals surface area contributed by atoms with Gasteiger partial charge in [-0.15, -0.1) is 0 Å². The van der Waals surface area contributed by atoms with Crippen LogP contribution in [0.5, 0.6) is 0 Å². The van der Waals surface area contributed by atoms with Crippen molar-refractivity contribution in [2.45, 2.75) is 51.2 Å². The zero-order valence-electron chi connectivity index (χ0n) is 16.8. The van der Waals surface area contributed by atoms with Crippen molar-refractivity contribution in [3.05, 3.63) is 71.7 Å². The number of nitrogens with zero attached hydrogens (tertiary/aromatic N) is 1. The van der Waals surface area contributed by atoms with Gasteiger partial charge in [0.25, 0.3) is 5.91 Å². The Morgan fingerprint density at radius 2 is 1.97 bits per heavy atom. The van der Waals surface area contributed by atoms with Crippen LogP contribution in [-0.2, 0) is 6.54 Å². The molecule has 0 saturated heterocycles. The molecule has 0 aliphatic heterocycles. The van der Waals surface area contributed by atoms with E-state index < -0.39 is 0 Å². The number of H-pyrrole nitrogens is 1. The van der Waals surface area contributed by atoms with Crippen LogP contribution in [0.3, 0.4) is 0 Å². The van der Waals surface area contributed by atoms with E-state index in [-0.39, 0.29) is 17.8 Å². The zero-order chi connectivity index (χ0) is 20.2. The minimum atomic E-state index is -0.208. The van der Waals surface area contributed by atoms with Gasteiger partial charge in [-0.2, -0.15) is 0 Å². The molecule has 1 fully saturated rings. The number of hydrogen-bond acceptors (Lipinski definition) is 2. The average molecular weight is 394 g/mol. The van der Waals surface area contributed by atoms with Crippen molar-refractivity contribution in [1.82, 2.24) is 15.2 Å². The summed E-state index contributed by atoms with van der Waals surface area (Å²) in [5, 5.41) is 4.66. The van der Waals surface area contributed by atoms with Crippen LogP contribution in [0.15, 0.2) is 54.6 Å². The lowest BCUT2D eigenvalue weighted by Gasteiger charge is -2.37. The fraction of sp³-hybridized carbons (Fsp3) is 0.375. The van der Waals surface area contributed by atoms with Crippen molar-refractivity contribution in [3.63, 3.8) is 0 Å². The molecule has 1 heterocycles. The highest BCUT2D eigenvalue weighted by molar-refractivity contribution is 5.98. The number of nitrogens with one attached hydrogen (secondary N) is 2. The molecule has 3 aromatic rings. The summed E-state index contributed by atoms with van der Waals surface area (Å²) in [5.74, 6) is -0.131. The number of amides is 1. The van der Waals surface area contributed by atoms with E-state index in [9.17, 15) is 9.18 Å². The number of carbonyl (C=O) groups is 1. The standard InChI is InChI=1S/C24H28FN3O/c1-2-28(24(29)23-14-18-6-3-4-9-22(18)27-23)21-8-5-7-20(15-21)26-16-17-10-12-19(25)13-11-17/h3-4,6,9-14,20-21,26-27H,2,5,7-8,15-16H2,1H3/t20?,21-/m0/s1. The second-order valence-electron chi connectivity index (χ2n) is 7.89. The lowest BCUT2D eigenvalue weighted by atomic mass is 9.89. The second-order valence-corrected chi connectivity index (χ2v) is 7.89. The first-order chi connectivity index (χ1) is 14.1. The van der Waals surface area contributed by atoms with Crippen molar-refractivity contribution in [2.24, 2.45) is 0 Å². The van der Waals surface area contributed by atoms with Crippen molar-refractivity contribution in [1.29, 1.82) is 0 Å². The Bertz CT molecular complexity index is 933. The lowest BCUT2D eigenvalue weighted by Crippen LogP contribution is -2.46. The van der Waals surface area contributed by atoms with Gasteiger partial charge in [0.1, 0.15) is 11.5 Å². The molecule has 5 heteroatoms. The molecular weight excluding hydrogens is 365 g/mol. The second kappa shape index (κ2) is 8.78. The highest BCUT2D eigenvalue weighted by atomic mass is 19.1. The highest BCUT2D eigenvalue weighted by Gasteiger charge is 2.29. The number of fused-ring (bicyclic) bond motifs is 1. The molecule has 1 unspecified atom stereocenters. The van der Waals surface area contributed by atoms with Crippen LogP contribution in [0.25, 0.3) is 10.9 Å². The lowest BCUT2D eigenvalue weighted by molar-refractivity contribution is 0.0623. The summed E-state index contributed by atoms with van der Waals surface area (Å²) in [7, 11) is 0. The summed E-state index contributed by atoms with van der Waals surface area (Å²) in [6.07, 6.45) is 4.19. The fourth-order valence-corrected chi connectivity index (χ4v) is 4.41. The van der Waals surface area contributed by atoms with Crippen molar-refractivity contribution in [3.8, 4) is 0 Å². The molecule has 2 N–H and O–H groups in total. The number of halogens is 1. The molecule has 0 bridgehead atoms. The monoisotopic (exact) mass is 393 g/mol. The van der Waals surface area contributed by atoms with Crippen LogP contribution in [-0.4, -0.2) is 34.4 Å². The molecule has 0 spiro atoms. The van der Waals surface area contributed by atoms with Crippen LogP contribution >= 0.6 is 0 Å².